The minimum absolute atomic E-state index is 0.122. The van der Waals surface area contributed by atoms with Crippen LogP contribution in [0.2, 0.25) is 0 Å². The molecule has 0 saturated carbocycles. The predicted octanol–water partition coefficient (Wildman–Crippen LogP) is 4.27. The van der Waals surface area contributed by atoms with Crippen LogP contribution in [0, 0.1) is 0 Å². The van der Waals surface area contributed by atoms with Crippen LogP contribution in [0.25, 0.3) is 0 Å². The molecule has 2 heterocycles. The molecule has 0 unspecified atom stereocenters. The van der Waals surface area contributed by atoms with Crippen molar-refractivity contribution >= 4 is 11.6 Å². The van der Waals surface area contributed by atoms with Crippen molar-refractivity contribution in [1.29, 1.82) is 0 Å². The molecule has 1 aromatic heterocycles. The number of rotatable bonds is 3. The lowest BCUT2D eigenvalue weighted by molar-refractivity contribution is 0.0693. The van der Waals surface area contributed by atoms with Crippen molar-refractivity contribution in [2.45, 2.75) is 12.5 Å². The van der Waals surface area contributed by atoms with Gasteiger partial charge in [0.05, 0.1) is 12.0 Å². The van der Waals surface area contributed by atoms with Crippen LogP contribution >= 0.6 is 0 Å². The Bertz CT molecular complexity index is 855. The topological polar surface area (TPSA) is 45.8 Å². The summed E-state index contributed by atoms with van der Waals surface area (Å²) in [4.78, 5) is 12.9. The number of hydrazone groups is 1. The molecule has 0 N–H and O–H groups in total. The van der Waals surface area contributed by atoms with Crippen LogP contribution in [-0.2, 0) is 0 Å². The van der Waals surface area contributed by atoms with Crippen LogP contribution in [0.15, 0.2) is 88.6 Å². The first-order valence-electron chi connectivity index (χ1n) is 7.88. The maximum absolute atomic E-state index is 12.9. The van der Waals surface area contributed by atoms with Crippen molar-refractivity contribution in [1.82, 2.24) is 5.01 Å². The highest BCUT2D eigenvalue weighted by Gasteiger charge is 2.35. The summed E-state index contributed by atoms with van der Waals surface area (Å²) in [6.45, 7) is 0. The number of carbonyl (C=O) groups excluding carboxylic acids is 1. The van der Waals surface area contributed by atoms with Crippen LogP contribution in [0.3, 0.4) is 0 Å². The summed E-state index contributed by atoms with van der Waals surface area (Å²) in [5.74, 6) is 0.622. The minimum Gasteiger partial charge on any atom is -0.467 e. The molecular formula is C20H16N2O2. The first-order valence-corrected chi connectivity index (χ1v) is 7.88. The van der Waals surface area contributed by atoms with E-state index in [4.69, 9.17) is 4.42 Å². The van der Waals surface area contributed by atoms with Gasteiger partial charge in [0.2, 0.25) is 0 Å². The number of hydrogen-bond donors (Lipinski definition) is 0. The average Bonchev–Trinajstić information content (AvgIpc) is 3.32. The van der Waals surface area contributed by atoms with Crippen LogP contribution in [0.4, 0.5) is 0 Å². The second-order valence-corrected chi connectivity index (χ2v) is 5.66. The summed E-state index contributed by atoms with van der Waals surface area (Å²) >= 11 is 0. The Labute approximate surface area is 140 Å². The van der Waals surface area contributed by atoms with Gasteiger partial charge >= 0.3 is 0 Å². The fourth-order valence-electron chi connectivity index (χ4n) is 2.92. The standard InChI is InChI=1S/C20H16N2O2/c23-20(16-10-5-2-6-11-16)22-18(19-12-7-13-24-19)14-17(21-22)15-8-3-1-4-9-15/h1-13,18H,14H2/t18-/m0/s1. The predicted molar refractivity (Wildman–Crippen MR) is 91.7 cm³/mol. The van der Waals surface area contributed by atoms with E-state index in [9.17, 15) is 4.79 Å². The van der Waals surface area contributed by atoms with Crippen molar-refractivity contribution < 1.29 is 9.21 Å². The zero-order valence-corrected chi connectivity index (χ0v) is 13.0. The van der Waals surface area contributed by atoms with Gasteiger partial charge in [-0.3, -0.25) is 4.79 Å². The maximum atomic E-state index is 12.9. The molecule has 0 spiro atoms. The fraction of sp³-hybridized carbons (Fsp3) is 0.100. The molecule has 4 rings (SSSR count). The van der Waals surface area contributed by atoms with E-state index in [0.29, 0.717) is 12.0 Å². The van der Waals surface area contributed by atoms with Gasteiger partial charge in [-0.05, 0) is 29.8 Å². The Morgan fingerprint density at radius 2 is 1.67 bits per heavy atom. The Morgan fingerprint density at radius 3 is 2.33 bits per heavy atom. The molecule has 4 heteroatoms. The summed E-state index contributed by atoms with van der Waals surface area (Å²) in [7, 11) is 0. The number of carbonyl (C=O) groups is 1. The normalized spacial score (nSPS) is 16.9. The third-order valence-corrected chi connectivity index (χ3v) is 4.12. The molecule has 1 amide bonds. The molecule has 0 fully saturated rings. The van der Waals surface area contributed by atoms with Gasteiger partial charge in [0.1, 0.15) is 11.8 Å². The number of benzene rings is 2. The average molecular weight is 316 g/mol. The van der Waals surface area contributed by atoms with E-state index in [1.54, 1.807) is 18.4 Å². The SMILES string of the molecule is O=C(c1ccccc1)N1N=C(c2ccccc2)C[C@H]1c1ccco1. The first-order chi connectivity index (χ1) is 11.8. The molecule has 1 aliphatic rings. The van der Waals surface area contributed by atoms with Gasteiger partial charge in [0, 0.05) is 12.0 Å². The van der Waals surface area contributed by atoms with Crippen molar-refractivity contribution in [2.24, 2.45) is 5.10 Å². The molecule has 3 aromatic rings. The van der Waals surface area contributed by atoms with Gasteiger partial charge in [-0.25, -0.2) is 5.01 Å². The van der Waals surface area contributed by atoms with E-state index in [1.165, 1.54) is 5.01 Å². The van der Waals surface area contributed by atoms with Gasteiger partial charge < -0.3 is 4.42 Å². The highest BCUT2D eigenvalue weighted by Crippen LogP contribution is 2.34. The van der Waals surface area contributed by atoms with Crippen LogP contribution in [0.5, 0.6) is 0 Å². The first kappa shape index (κ1) is 14.5. The molecule has 1 aliphatic heterocycles. The maximum Gasteiger partial charge on any atom is 0.274 e. The molecule has 24 heavy (non-hydrogen) atoms. The monoisotopic (exact) mass is 316 g/mol. The number of hydrogen-bond acceptors (Lipinski definition) is 3. The molecule has 4 nitrogen and oxygen atoms in total. The number of amides is 1. The summed E-state index contributed by atoms with van der Waals surface area (Å²) in [6.07, 6.45) is 2.26. The quantitative estimate of drug-likeness (QED) is 0.724. The second-order valence-electron chi connectivity index (χ2n) is 5.66. The van der Waals surface area contributed by atoms with Gasteiger partial charge in [0.25, 0.3) is 5.91 Å². The summed E-state index contributed by atoms with van der Waals surface area (Å²) in [5, 5.41) is 6.15. The van der Waals surface area contributed by atoms with Crippen molar-refractivity contribution in [2.75, 3.05) is 0 Å². The molecule has 0 saturated heterocycles. The molecule has 2 aromatic carbocycles. The Hall–Kier alpha value is -3.14. The fourth-order valence-corrected chi connectivity index (χ4v) is 2.92. The highest BCUT2D eigenvalue weighted by molar-refractivity contribution is 6.04. The lowest BCUT2D eigenvalue weighted by atomic mass is 10.0. The van der Waals surface area contributed by atoms with Crippen molar-refractivity contribution in [3.8, 4) is 0 Å². The Morgan fingerprint density at radius 1 is 0.958 bits per heavy atom. The Kier molecular flexibility index (Phi) is 3.71. The number of nitrogens with zero attached hydrogens (tertiary/aromatic N) is 2. The van der Waals surface area contributed by atoms with Crippen LogP contribution in [0.1, 0.15) is 34.1 Å². The van der Waals surface area contributed by atoms with E-state index >= 15 is 0 Å². The van der Waals surface area contributed by atoms with Gasteiger partial charge in [-0.15, -0.1) is 0 Å². The zero-order chi connectivity index (χ0) is 16.4. The van der Waals surface area contributed by atoms with Gasteiger partial charge in [-0.1, -0.05) is 48.5 Å². The van der Waals surface area contributed by atoms with Crippen LogP contribution in [-0.4, -0.2) is 16.6 Å². The summed E-state index contributed by atoms with van der Waals surface area (Å²) in [5.41, 5.74) is 2.53. The molecule has 0 bridgehead atoms. The largest absolute Gasteiger partial charge is 0.467 e. The van der Waals surface area contributed by atoms with Crippen LogP contribution < -0.4 is 0 Å². The van der Waals surface area contributed by atoms with Gasteiger partial charge in [0.15, 0.2) is 0 Å². The lowest BCUT2D eigenvalue weighted by Crippen LogP contribution is -2.26. The second kappa shape index (κ2) is 6.16. The van der Waals surface area contributed by atoms with Crippen molar-refractivity contribution in [3.63, 3.8) is 0 Å². The van der Waals surface area contributed by atoms with E-state index in [-0.39, 0.29) is 11.9 Å². The van der Waals surface area contributed by atoms with E-state index in [1.807, 2.05) is 60.7 Å². The van der Waals surface area contributed by atoms with Gasteiger partial charge in [-0.2, -0.15) is 5.10 Å². The smallest absolute Gasteiger partial charge is 0.274 e. The van der Waals surface area contributed by atoms with E-state index < -0.39 is 0 Å². The van der Waals surface area contributed by atoms with E-state index in [2.05, 4.69) is 5.10 Å². The Balaban J connectivity index is 1.72. The molecule has 1 atom stereocenters. The third kappa shape index (κ3) is 2.63. The summed E-state index contributed by atoms with van der Waals surface area (Å²) in [6, 6.07) is 22.6. The highest BCUT2D eigenvalue weighted by atomic mass is 16.3. The summed E-state index contributed by atoms with van der Waals surface area (Å²) < 4.78 is 5.55. The molecular weight excluding hydrogens is 300 g/mol. The third-order valence-electron chi connectivity index (χ3n) is 4.12. The number of furan rings is 1. The molecule has 118 valence electrons. The minimum atomic E-state index is -0.220. The van der Waals surface area contributed by atoms with Crippen molar-refractivity contribution in [3.05, 3.63) is 95.9 Å². The molecule has 0 aliphatic carbocycles. The molecule has 0 radical (unpaired) electrons. The zero-order valence-electron chi connectivity index (χ0n) is 13.0. The van der Waals surface area contributed by atoms with E-state index in [0.717, 1.165) is 17.0 Å². The lowest BCUT2D eigenvalue weighted by Gasteiger charge is -2.19.